The first-order valence-electron chi connectivity index (χ1n) is 5.32. The van der Waals surface area contributed by atoms with Gasteiger partial charge in [-0.1, -0.05) is 0 Å². The molecule has 19 heavy (non-hydrogen) atoms. The SMILES string of the molecule is CNC(C#N)CCOc1cc(F)c([N+](=O)[O-])cc1F. The van der Waals surface area contributed by atoms with Crippen molar-refractivity contribution in [1.82, 2.24) is 5.32 Å². The van der Waals surface area contributed by atoms with Crippen LogP contribution in [0.3, 0.4) is 0 Å². The zero-order chi connectivity index (χ0) is 14.4. The largest absolute Gasteiger partial charge is 0.490 e. The highest BCUT2D eigenvalue weighted by Gasteiger charge is 2.19. The molecule has 0 bridgehead atoms. The Balaban J connectivity index is 2.73. The number of nitriles is 1. The zero-order valence-electron chi connectivity index (χ0n) is 10.0. The molecule has 0 aromatic heterocycles. The first kappa shape index (κ1) is 14.8. The van der Waals surface area contributed by atoms with E-state index in [2.05, 4.69) is 5.32 Å². The highest BCUT2D eigenvalue weighted by Crippen LogP contribution is 2.26. The van der Waals surface area contributed by atoms with Gasteiger partial charge in [0, 0.05) is 12.5 Å². The fourth-order valence-corrected chi connectivity index (χ4v) is 1.33. The molecule has 0 heterocycles. The minimum Gasteiger partial charge on any atom is -0.490 e. The van der Waals surface area contributed by atoms with E-state index in [1.54, 1.807) is 7.05 Å². The number of hydrogen-bond donors (Lipinski definition) is 1. The Morgan fingerprint density at radius 2 is 2.21 bits per heavy atom. The molecule has 0 fully saturated rings. The van der Waals surface area contributed by atoms with Crippen molar-refractivity contribution >= 4 is 5.69 Å². The fourth-order valence-electron chi connectivity index (χ4n) is 1.33. The number of hydrogen-bond acceptors (Lipinski definition) is 5. The summed E-state index contributed by atoms with van der Waals surface area (Å²) in [5.41, 5.74) is -0.949. The number of benzene rings is 1. The summed E-state index contributed by atoms with van der Waals surface area (Å²) in [6, 6.07) is 2.56. The normalized spacial score (nSPS) is 11.7. The number of nitrogens with zero attached hydrogens (tertiary/aromatic N) is 2. The van der Waals surface area contributed by atoms with E-state index in [9.17, 15) is 18.9 Å². The second kappa shape index (κ2) is 6.61. The summed E-state index contributed by atoms with van der Waals surface area (Å²) in [5, 5.41) is 21.7. The maximum absolute atomic E-state index is 13.4. The van der Waals surface area contributed by atoms with Crippen LogP contribution in [0, 0.1) is 33.1 Å². The molecule has 102 valence electrons. The predicted octanol–water partition coefficient (Wildman–Crippen LogP) is 1.75. The van der Waals surface area contributed by atoms with E-state index in [0.717, 1.165) is 0 Å². The van der Waals surface area contributed by atoms with Crippen LogP contribution in [0.15, 0.2) is 12.1 Å². The van der Waals surface area contributed by atoms with E-state index >= 15 is 0 Å². The molecule has 1 rings (SSSR count). The molecule has 0 spiro atoms. The van der Waals surface area contributed by atoms with E-state index in [1.807, 2.05) is 6.07 Å². The molecule has 0 radical (unpaired) electrons. The highest BCUT2D eigenvalue weighted by atomic mass is 19.1. The topological polar surface area (TPSA) is 88.2 Å². The molecule has 0 saturated carbocycles. The summed E-state index contributed by atoms with van der Waals surface area (Å²) in [4.78, 5) is 9.36. The Morgan fingerprint density at radius 3 is 2.74 bits per heavy atom. The van der Waals surface area contributed by atoms with Crippen LogP contribution in [-0.2, 0) is 0 Å². The summed E-state index contributed by atoms with van der Waals surface area (Å²) in [7, 11) is 1.58. The van der Waals surface area contributed by atoms with Crippen LogP contribution in [0.2, 0.25) is 0 Å². The number of nitrogens with one attached hydrogen (secondary N) is 1. The molecule has 0 aliphatic rings. The lowest BCUT2D eigenvalue weighted by molar-refractivity contribution is -0.387. The van der Waals surface area contributed by atoms with Gasteiger partial charge in [-0.15, -0.1) is 0 Å². The molecule has 0 amide bonds. The first-order valence-corrected chi connectivity index (χ1v) is 5.32. The number of nitro benzene ring substituents is 1. The fraction of sp³-hybridized carbons (Fsp3) is 0.364. The van der Waals surface area contributed by atoms with Gasteiger partial charge in [0.1, 0.15) is 0 Å². The van der Waals surface area contributed by atoms with Gasteiger partial charge in [-0.2, -0.15) is 9.65 Å². The van der Waals surface area contributed by atoms with Crippen LogP contribution >= 0.6 is 0 Å². The lowest BCUT2D eigenvalue weighted by Crippen LogP contribution is -2.25. The Labute approximate surface area is 107 Å². The van der Waals surface area contributed by atoms with Crippen LogP contribution in [0.4, 0.5) is 14.5 Å². The molecule has 8 heteroatoms. The molecular formula is C11H11F2N3O3. The number of ether oxygens (including phenoxy) is 1. The van der Waals surface area contributed by atoms with Crippen LogP contribution < -0.4 is 10.1 Å². The maximum atomic E-state index is 13.4. The smallest absolute Gasteiger partial charge is 0.307 e. The van der Waals surface area contributed by atoms with E-state index < -0.39 is 34.0 Å². The van der Waals surface area contributed by atoms with Gasteiger partial charge in [-0.25, -0.2) is 4.39 Å². The Kier molecular flexibility index (Phi) is 5.14. The van der Waals surface area contributed by atoms with Crippen molar-refractivity contribution in [3.8, 4) is 11.8 Å². The van der Waals surface area contributed by atoms with Crippen LogP contribution in [0.1, 0.15) is 6.42 Å². The minimum atomic E-state index is -1.17. The summed E-state index contributed by atoms with van der Waals surface area (Å²) in [6.45, 7) is -0.0206. The number of rotatable bonds is 6. The molecule has 1 atom stereocenters. The van der Waals surface area contributed by atoms with Gasteiger partial charge in [0.25, 0.3) is 0 Å². The molecular weight excluding hydrogens is 260 g/mol. The van der Waals surface area contributed by atoms with Crippen LogP contribution in [0.25, 0.3) is 0 Å². The highest BCUT2D eigenvalue weighted by molar-refractivity contribution is 5.39. The third-order valence-electron chi connectivity index (χ3n) is 2.37. The molecule has 1 N–H and O–H groups in total. The Bertz CT molecular complexity index is 517. The second-order valence-electron chi connectivity index (χ2n) is 3.60. The summed E-state index contributed by atoms with van der Waals surface area (Å²) >= 11 is 0. The quantitative estimate of drug-likeness (QED) is 0.629. The average molecular weight is 271 g/mol. The molecule has 1 aromatic carbocycles. The van der Waals surface area contributed by atoms with E-state index in [0.29, 0.717) is 12.1 Å². The maximum Gasteiger partial charge on any atom is 0.307 e. The van der Waals surface area contributed by atoms with Crippen molar-refractivity contribution in [3.05, 3.63) is 33.9 Å². The Morgan fingerprint density at radius 1 is 1.53 bits per heavy atom. The third-order valence-corrected chi connectivity index (χ3v) is 2.37. The third kappa shape index (κ3) is 3.86. The lowest BCUT2D eigenvalue weighted by atomic mass is 10.2. The standard InChI is InChI=1S/C11H11F2N3O3/c1-15-7(6-14)2-3-19-11-5-8(12)10(16(17)18)4-9(11)13/h4-5,7,15H,2-3H2,1H3. The predicted molar refractivity (Wildman–Crippen MR) is 61.6 cm³/mol. The molecule has 1 unspecified atom stereocenters. The lowest BCUT2D eigenvalue weighted by Gasteiger charge is -2.10. The molecule has 0 aliphatic carbocycles. The zero-order valence-corrected chi connectivity index (χ0v) is 10.0. The molecule has 6 nitrogen and oxygen atoms in total. The van der Waals surface area contributed by atoms with Crippen molar-refractivity contribution in [3.63, 3.8) is 0 Å². The van der Waals surface area contributed by atoms with Crippen LogP contribution in [0.5, 0.6) is 5.75 Å². The van der Waals surface area contributed by atoms with Crippen molar-refractivity contribution in [2.24, 2.45) is 0 Å². The summed E-state index contributed by atoms with van der Waals surface area (Å²) in [6.07, 6.45) is 0.269. The molecule has 1 aromatic rings. The number of nitro groups is 1. The van der Waals surface area contributed by atoms with Crippen molar-refractivity contribution in [2.45, 2.75) is 12.5 Å². The monoisotopic (exact) mass is 271 g/mol. The van der Waals surface area contributed by atoms with Crippen LogP contribution in [-0.4, -0.2) is 24.6 Å². The molecule has 0 aliphatic heterocycles. The number of halogens is 2. The summed E-state index contributed by atoms with van der Waals surface area (Å²) < 4.78 is 31.6. The van der Waals surface area contributed by atoms with E-state index in [-0.39, 0.29) is 13.0 Å². The summed E-state index contributed by atoms with van der Waals surface area (Å²) in [5.74, 6) is -2.62. The van der Waals surface area contributed by atoms with Gasteiger partial charge < -0.3 is 10.1 Å². The minimum absolute atomic E-state index is 0.0206. The van der Waals surface area contributed by atoms with E-state index in [4.69, 9.17) is 10.00 Å². The van der Waals surface area contributed by atoms with Gasteiger partial charge in [-0.3, -0.25) is 10.1 Å². The first-order chi connectivity index (χ1) is 8.99. The van der Waals surface area contributed by atoms with Crippen molar-refractivity contribution < 1.29 is 18.4 Å². The Hall–Kier alpha value is -2.27. The van der Waals surface area contributed by atoms with Gasteiger partial charge in [0.2, 0.25) is 5.82 Å². The van der Waals surface area contributed by atoms with Gasteiger partial charge in [0.05, 0.1) is 29.7 Å². The van der Waals surface area contributed by atoms with Gasteiger partial charge >= 0.3 is 5.69 Å². The second-order valence-corrected chi connectivity index (χ2v) is 3.60. The van der Waals surface area contributed by atoms with Crippen molar-refractivity contribution in [2.75, 3.05) is 13.7 Å². The van der Waals surface area contributed by atoms with Gasteiger partial charge in [0.15, 0.2) is 11.6 Å². The van der Waals surface area contributed by atoms with Crippen molar-refractivity contribution in [1.29, 1.82) is 5.26 Å². The van der Waals surface area contributed by atoms with E-state index in [1.165, 1.54) is 0 Å². The van der Waals surface area contributed by atoms with Gasteiger partial charge in [-0.05, 0) is 7.05 Å². The average Bonchev–Trinajstić information content (AvgIpc) is 2.37. The molecule has 0 saturated heterocycles.